The molecule has 3 N–H and O–H groups in total. The van der Waals surface area contributed by atoms with Gasteiger partial charge in [0.2, 0.25) is 0 Å². The number of hydrogen-bond acceptors (Lipinski definition) is 2. The molecule has 1 aromatic rings. The largest absolute Gasteiger partial charge is 0.385 e. The van der Waals surface area contributed by atoms with Crippen LogP contribution in [0.4, 0.5) is 0 Å². The highest BCUT2D eigenvalue weighted by atomic mass is 16.3. The molecule has 1 aromatic carbocycles. The Morgan fingerprint density at radius 3 is 2.39 bits per heavy atom. The molecule has 0 atom stereocenters. The van der Waals surface area contributed by atoms with Gasteiger partial charge >= 0.3 is 0 Å². The summed E-state index contributed by atoms with van der Waals surface area (Å²) >= 11 is 0. The van der Waals surface area contributed by atoms with Gasteiger partial charge in [-0.3, -0.25) is 0 Å². The van der Waals surface area contributed by atoms with Crippen molar-refractivity contribution in [2.24, 2.45) is 5.73 Å². The van der Waals surface area contributed by atoms with Crippen molar-refractivity contribution in [3.63, 3.8) is 0 Å². The summed E-state index contributed by atoms with van der Waals surface area (Å²) in [7, 11) is 0. The number of nitrogens with two attached hydrogens (primary N) is 1. The van der Waals surface area contributed by atoms with Crippen molar-refractivity contribution in [1.29, 1.82) is 0 Å². The molecule has 0 heterocycles. The van der Waals surface area contributed by atoms with Gasteiger partial charge in [-0.05, 0) is 43.4 Å². The first-order valence-electron chi connectivity index (χ1n) is 7.18. The summed E-state index contributed by atoms with van der Waals surface area (Å²) in [6, 6.07) is 8.38. The number of aliphatic hydroxyl groups is 1. The van der Waals surface area contributed by atoms with Gasteiger partial charge in [-0.15, -0.1) is 0 Å². The van der Waals surface area contributed by atoms with Crippen molar-refractivity contribution in [2.75, 3.05) is 6.54 Å². The van der Waals surface area contributed by atoms with Crippen molar-refractivity contribution >= 4 is 0 Å². The Labute approximate surface area is 111 Å². The summed E-state index contributed by atoms with van der Waals surface area (Å²) in [5, 5.41) is 10.8. The molecule has 0 unspecified atom stereocenters. The lowest BCUT2D eigenvalue weighted by atomic mass is 9.84. The van der Waals surface area contributed by atoms with E-state index < -0.39 is 5.60 Å². The predicted octanol–water partition coefficient (Wildman–Crippen LogP) is 3.37. The van der Waals surface area contributed by atoms with Gasteiger partial charge in [-0.25, -0.2) is 0 Å². The number of aryl methyl sites for hydroxylation is 1. The van der Waals surface area contributed by atoms with E-state index in [1.165, 1.54) is 5.56 Å². The third kappa shape index (κ3) is 4.11. The van der Waals surface area contributed by atoms with Crippen LogP contribution < -0.4 is 5.73 Å². The van der Waals surface area contributed by atoms with Gasteiger partial charge < -0.3 is 10.8 Å². The van der Waals surface area contributed by atoms with E-state index in [4.69, 9.17) is 5.73 Å². The van der Waals surface area contributed by atoms with Crippen LogP contribution in [0.5, 0.6) is 0 Å². The molecule has 0 aliphatic heterocycles. The molecule has 0 aliphatic rings. The standard InChI is InChI=1S/C16H27NO/c1-3-10-16(18,11-4-2)15-9-5-7-14(13-15)8-6-12-17/h5,7,9,13,18H,3-4,6,8,10-12,17H2,1-2H3. The lowest BCUT2D eigenvalue weighted by Crippen LogP contribution is -2.25. The maximum Gasteiger partial charge on any atom is 0.0896 e. The maximum atomic E-state index is 10.8. The van der Waals surface area contributed by atoms with Crippen molar-refractivity contribution in [1.82, 2.24) is 0 Å². The first-order valence-corrected chi connectivity index (χ1v) is 7.18. The molecule has 0 radical (unpaired) electrons. The normalized spacial score (nSPS) is 11.8. The van der Waals surface area contributed by atoms with Crippen LogP contribution in [0.25, 0.3) is 0 Å². The molecule has 2 heteroatoms. The Kier molecular flexibility index (Phi) is 6.37. The second-order valence-corrected chi connectivity index (χ2v) is 5.12. The minimum absolute atomic E-state index is 0.651. The van der Waals surface area contributed by atoms with Crippen LogP contribution in [0, 0.1) is 0 Å². The van der Waals surface area contributed by atoms with E-state index in [0.29, 0.717) is 0 Å². The highest BCUT2D eigenvalue weighted by molar-refractivity contribution is 5.28. The monoisotopic (exact) mass is 249 g/mol. The van der Waals surface area contributed by atoms with Gasteiger partial charge in [0.1, 0.15) is 0 Å². The highest BCUT2D eigenvalue weighted by Crippen LogP contribution is 2.32. The first-order chi connectivity index (χ1) is 8.66. The van der Waals surface area contributed by atoms with Crippen molar-refractivity contribution in [3.05, 3.63) is 35.4 Å². The van der Waals surface area contributed by atoms with E-state index in [1.807, 2.05) is 0 Å². The van der Waals surface area contributed by atoms with E-state index in [-0.39, 0.29) is 0 Å². The van der Waals surface area contributed by atoms with Crippen LogP contribution in [-0.4, -0.2) is 11.7 Å². The third-order valence-corrected chi connectivity index (χ3v) is 3.46. The molecule has 0 fully saturated rings. The number of benzene rings is 1. The van der Waals surface area contributed by atoms with Gasteiger partial charge in [0.25, 0.3) is 0 Å². The van der Waals surface area contributed by atoms with Gasteiger partial charge in [0.15, 0.2) is 0 Å². The molecule has 18 heavy (non-hydrogen) atoms. The first kappa shape index (κ1) is 15.2. The van der Waals surface area contributed by atoms with Gasteiger partial charge in [0, 0.05) is 0 Å². The molecular weight excluding hydrogens is 222 g/mol. The zero-order valence-electron chi connectivity index (χ0n) is 11.8. The van der Waals surface area contributed by atoms with Crippen LogP contribution in [0.15, 0.2) is 24.3 Å². The molecule has 2 nitrogen and oxygen atoms in total. The SMILES string of the molecule is CCCC(O)(CCC)c1cccc(CCCN)c1. The Morgan fingerprint density at radius 2 is 1.83 bits per heavy atom. The molecule has 0 saturated carbocycles. The minimum Gasteiger partial charge on any atom is -0.385 e. The molecule has 0 aliphatic carbocycles. The summed E-state index contributed by atoms with van der Waals surface area (Å²) in [4.78, 5) is 0. The highest BCUT2D eigenvalue weighted by Gasteiger charge is 2.27. The lowest BCUT2D eigenvalue weighted by Gasteiger charge is -2.28. The molecule has 0 aromatic heterocycles. The number of hydrogen-bond donors (Lipinski definition) is 2. The van der Waals surface area contributed by atoms with Crippen LogP contribution in [-0.2, 0) is 12.0 Å². The van der Waals surface area contributed by atoms with Crippen LogP contribution in [0.1, 0.15) is 57.1 Å². The molecular formula is C16H27NO. The quantitative estimate of drug-likeness (QED) is 0.742. The van der Waals surface area contributed by atoms with E-state index in [2.05, 4.69) is 38.1 Å². The summed E-state index contributed by atoms with van der Waals surface area (Å²) in [5.74, 6) is 0. The minimum atomic E-state index is -0.651. The average Bonchev–Trinajstić information content (AvgIpc) is 2.37. The van der Waals surface area contributed by atoms with Crippen molar-refractivity contribution in [3.8, 4) is 0 Å². The maximum absolute atomic E-state index is 10.8. The Hall–Kier alpha value is -0.860. The molecule has 0 amide bonds. The number of rotatable bonds is 8. The van der Waals surface area contributed by atoms with Gasteiger partial charge in [-0.2, -0.15) is 0 Å². The van der Waals surface area contributed by atoms with Crippen LogP contribution in [0.3, 0.4) is 0 Å². The zero-order chi connectivity index (χ0) is 13.4. The van der Waals surface area contributed by atoms with Crippen LogP contribution in [0.2, 0.25) is 0 Å². The smallest absolute Gasteiger partial charge is 0.0896 e. The van der Waals surface area contributed by atoms with E-state index >= 15 is 0 Å². The summed E-state index contributed by atoms with van der Waals surface area (Å²) in [6.45, 7) is 4.97. The Bertz CT molecular complexity index is 343. The summed E-state index contributed by atoms with van der Waals surface area (Å²) < 4.78 is 0. The summed E-state index contributed by atoms with van der Waals surface area (Å²) in [5.41, 5.74) is 7.25. The predicted molar refractivity (Wildman–Crippen MR) is 77.5 cm³/mol. The second-order valence-electron chi connectivity index (χ2n) is 5.12. The molecule has 102 valence electrons. The fraction of sp³-hybridized carbons (Fsp3) is 0.625. The van der Waals surface area contributed by atoms with Gasteiger partial charge in [-0.1, -0.05) is 51.0 Å². The average molecular weight is 249 g/mol. The van der Waals surface area contributed by atoms with Crippen molar-refractivity contribution < 1.29 is 5.11 Å². The fourth-order valence-corrected chi connectivity index (χ4v) is 2.56. The van der Waals surface area contributed by atoms with E-state index in [0.717, 1.165) is 50.6 Å². The molecule has 0 spiro atoms. The second kappa shape index (κ2) is 7.55. The Balaban J connectivity index is 2.90. The molecule has 1 rings (SSSR count). The fourth-order valence-electron chi connectivity index (χ4n) is 2.56. The van der Waals surface area contributed by atoms with E-state index in [9.17, 15) is 5.11 Å². The topological polar surface area (TPSA) is 46.2 Å². The Morgan fingerprint density at radius 1 is 1.17 bits per heavy atom. The summed E-state index contributed by atoms with van der Waals surface area (Å²) in [6.07, 6.45) is 5.68. The van der Waals surface area contributed by atoms with E-state index in [1.54, 1.807) is 0 Å². The molecule has 0 bridgehead atoms. The molecule has 0 saturated heterocycles. The van der Waals surface area contributed by atoms with Crippen LogP contribution >= 0.6 is 0 Å². The third-order valence-electron chi connectivity index (χ3n) is 3.46. The van der Waals surface area contributed by atoms with Gasteiger partial charge in [0.05, 0.1) is 5.60 Å². The zero-order valence-corrected chi connectivity index (χ0v) is 11.8. The van der Waals surface area contributed by atoms with Crippen molar-refractivity contribution in [2.45, 2.75) is 58.0 Å². The lowest BCUT2D eigenvalue weighted by molar-refractivity contribution is 0.0169.